The molecular weight excluding hydrogens is 653 g/mol. The second kappa shape index (κ2) is 13.2. The highest BCUT2D eigenvalue weighted by Gasteiger charge is 2.16. The topological polar surface area (TPSA) is 13.1 Å². The van der Waals surface area contributed by atoms with Crippen molar-refractivity contribution in [1.29, 1.82) is 0 Å². The zero-order valence-corrected chi connectivity index (χ0v) is 30.7. The maximum absolute atomic E-state index is 6.11. The molecule has 0 bridgehead atoms. The van der Waals surface area contributed by atoms with Crippen LogP contribution in [0.4, 0.5) is 0 Å². The van der Waals surface area contributed by atoms with Crippen molar-refractivity contribution >= 4 is 61.7 Å². The average molecular weight is 693 g/mol. The van der Waals surface area contributed by atoms with E-state index in [9.17, 15) is 0 Å². The minimum Gasteiger partial charge on any atom is -0.456 e. The van der Waals surface area contributed by atoms with Gasteiger partial charge in [0.25, 0.3) is 0 Å². The van der Waals surface area contributed by atoms with Crippen LogP contribution in [0.2, 0.25) is 0 Å². The summed E-state index contributed by atoms with van der Waals surface area (Å²) in [6, 6.07) is 53.8. The molecule has 0 amide bonds. The maximum atomic E-state index is 6.11. The van der Waals surface area contributed by atoms with Crippen molar-refractivity contribution in [1.82, 2.24) is 0 Å². The zero-order valence-electron chi connectivity index (χ0n) is 30.7. The first-order valence-corrected chi connectivity index (χ1v) is 19.2. The summed E-state index contributed by atoms with van der Waals surface area (Å²) in [5, 5.41) is 9.90. The predicted molar refractivity (Wildman–Crippen MR) is 232 cm³/mol. The van der Waals surface area contributed by atoms with Crippen molar-refractivity contribution in [2.75, 3.05) is 0 Å². The fourth-order valence-corrected chi connectivity index (χ4v) is 8.76. The van der Waals surface area contributed by atoms with Crippen LogP contribution in [0.3, 0.4) is 0 Å². The molecule has 9 aromatic rings. The lowest BCUT2D eigenvalue weighted by Gasteiger charge is -2.17. The Morgan fingerprint density at radius 3 is 1.94 bits per heavy atom. The highest BCUT2D eigenvalue weighted by molar-refractivity contribution is 6.08. The monoisotopic (exact) mass is 692 g/mol. The molecule has 1 heterocycles. The van der Waals surface area contributed by atoms with E-state index in [2.05, 4.69) is 172 Å². The smallest absolute Gasteiger partial charge is 0.135 e. The molecule has 1 nitrogen and oxygen atoms in total. The van der Waals surface area contributed by atoms with Crippen LogP contribution >= 0.6 is 0 Å². The van der Waals surface area contributed by atoms with Crippen LogP contribution in [0.15, 0.2) is 156 Å². The van der Waals surface area contributed by atoms with Crippen molar-refractivity contribution in [3.8, 4) is 44.5 Å². The molecular formula is C53H40O. The lowest BCUT2D eigenvalue weighted by molar-refractivity contribution is 0.669. The molecule has 0 radical (unpaired) electrons. The number of aryl methyl sites for hydroxylation is 1. The van der Waals surface area contributed by atoms with Crippen molar-refractivity contribution in [2.24, 2.45) is 0 Å². The van der Waals surface area contributed by atoms with E-state index in [1.807, 2.05) is 12.1 Å². The molecule has 0 fully saturated rings. The van der Waals surface area contributed by atoms with Gasteiger partial charge in [-0.3, -0.25) is 0 Å². The van der Waals surface area contributed by atoms with E-state index in [0.717, 1.165) is 41.2 Å². The number of para-hydroxylation sites is 1. The number of fused-ring (bicyclic) bond motifs is 6. The lowest BCUT2D eigenvalue weighted by Crippen LogP contribution is -2.29. The highest BCUT2D eigenvalue weighted by atomic mass is 16.3. The summed E-state index contributed by atoms with van der Waals surface area (Å²) in [6.07, 6.45) is 12.5. The normalized spacial score (nSPS) is 13.4. The first-order valence-electron chi connectivity index (χ1n) is 19.2. The van der Waals surface area contributed by atoms with E-state index in [0.29, 0.717) is 0 Å². The third kappa shape index (κ3) is 5.39. The quantitative estimate of drug-likeness (QED) is 0.175. The molecule has 1 aliphatic carbocycles. The molecule has 258 valence electrons. The Balaban J connectivity index is 1.11. The number of benzene rings is 8. The van der Waals surface area contributed by atoms with Gasteiger partial charge < -0.3 is 4.42 Å². The number of furan rings is 1. The molecule has 8 aromatic carbocycles. The van der Waals surface area contributed by atoms with Crippen LogP contribution in [-0.4, -0.2) is 0 Å². The van der Waals surface area contributed by atoms with Crippen LogP contribution in [0.25, 0.3) is 106 Å². The summed E-state index contributed by atoms with van der Waals surface area (Å²) in [5.74, 6) is 0. The first kappa shape index (κ1) is 32.2. The summed E-state index contributed by atoms with van der Waals surface area (Å²) in [6.45, 7) is 4.43. The van der Waals surface area contributed by atoms with E-state index in [4.69, 9.17) is 4.42 Å². The van der Waals surface area contributed by atoms with Gasteiger partial charge in [-0.1, -0.05) is 134 Å². The third-order valence-corrected chi connectivity index (χ3v) is 11.3. The Hall–Kier alpha value is -6.44. The van der Waals surface area contributed by atoms with Gasteiger partial charge in [0, 0.05) is 10.8 Å². The van der Waals surface area contributed by atoms with Gasteiger partial charge in [-0.25, -0.2) is 0 Å². The number of hydrogen-bond acceptors (Lipinski definition) is 1. The molecule has 0 aliphatic heterocycles. The SMILES string of the molecule is C/C=c1/c(-c2ccc3cc(-c4ccc5oc6ccccc6c5c4)ccc3c2)c2ccccc2c(-c2cccc(-c3ccc4c(c3)C=CCC4)c2)/c1=C/CC. The van der Waals surface area contributed by atoms with Crippen molar-refractivity contribution < 1.29 is 4.42 Å². The summed E-state index contributed by atoms with van der Waals surface area (Å²) in [5.41, 5.74) is 14.6. The standard InChI is InChI=1S/C53H40O/c1-3-12-46-44(4-2)52(43-26-25-38-30-39(23-24-40(38)32-43)41-27-28-51-49(33-41)45-17-9-10-20-50(45)54-51)47-18-7-8-19-48(47)53(46)42-16-11-15-36(31-42)37-22-21-34-13-5-6-14-35(34)29-37/h4,6-12,14-33H,3,5,13H2,1-2H3/b44-4+,46-12+. The Labute approximate surface area is 315 Å². The van der Waals surface area contributed by atoms with Gasteiger partial charge in [-0.05, 0) is 156 Å². The molecule has 0 saturated carbocycles. The minimum absolute atomic E-state index is 0.923. The molecule has 1 aromatic heterocycles. The Bertz CT molecular complexity index is 3100. The summed E-state index contributed by atoms with van der Waals surface area (Å²) >= 11 is 0. The molecule has 0 unspecified atom stereocenters. The number of hydrogen-bond donors (Lipinski definition) is 0. The Morgan fingerprint density at radius 2 is 1.13 bits per heavy atom. The van der Waals surface area contributed by atoms with Crippen molar-refractivity contribution in [3.63, 3.8) is 0 Å². The number of allylic oxidation sites excluding steroid dienone is 1. The van der Waals surface area contributed by atoms with E-state index in [1.165, 1.54) is 87.6 Å². The third-order valence-electron chi connectivity index (χ3n) is 11.3. The molecule has 0 saturated heterocycles. The van der Waals surface area contributed by atoms with Crippen LogP contribution in [0, 0.1) is 0 Å². The zero-order chi connectivity index (χ0) is 36.2. The van der Waals surface area contributed by atoms with Gasteiger partial charge >= 0.3 is 0 Å². The summed E-state index contributed by atoms with van der Waals surface area (Å²) in [4.78, 5) is 0. The predicted octanol–water partition coefficient (Wildman–Crippen LogP) is 13.5. The molecule has 0 N–H and O–H groups in total. The minimum atomic E-state index is 0.923. The largest absolute Gasteiger partial charge is 0.456 e. The molecule has 0 atom stereocenters. The molecule has 10 rings (SSSR count). The summed E-state index contributed by atoms with van der Waals surface area (Å²) < 4.78 is 6.11. The average Bonchev–Trinajstić information content (AvgIpc) is 3.61. The molecule has 54 heavy (non-hydrogen) atoms. The van der Waals surface area contributed by atoms with E-state index >= 15 is 0 Å². The van der Waals surface area contributed by atoms with E-state index < -0.39 is 0 Å². The van der Waals surface area contributed by atoms with Gasteiger partial charge in [-0.15, -0.1) is 0 Å². The van der Waals surface area contributed by atoms with Gasteiger partial charge in [-0.2, -0.15) is 0 Å². The Kier molecular flexibility index (Phi) is 7.88. The van der Waals surface area contributed by atoms with Gasteiger partial charge in [0.2, 0.25) is 0 Å². The Morgan fingerprint density at radius 1 is 0.519 bits per heavy atom. The lowest BCUT2D eigenvalue weighted by atomic mass is 9.86. The number of rotatable bonds is 5. The van der Waals surface area contributed by atoms with Gasteiger partial charge in [0.05, 0.1) is 0 Å². The fraction of sp³-hybridized carbons (Fsp3) is 0.0943. The molecule has 1 heteroatoms. The van der Waals surface area contributed by atoms with Crippen molar-refractivity contribution in [2.45, 2.75) is 33.1 Å². The summed E-state index contributed by atoms with van der Waals surface area (Å²) in [7, 11) is 0. The van der Waals surface area contributed by atoms with Gasteiger partial charge in [0.15, 0.2) is 0 Å². The van der Waals surface area contributed by atoms with Gasteiger partial charge in [0.1, 0.15) is 11.2 Å². The fourth-order valence-electron chi connectivity index (χ4n) is 8.76. The van der Waals surface area contributed by atoms with Crippen molar-refractivity contribution in [3.05, 3.63) is 173 Å². The molecule has 0 spiro atoms. The van der Waals surface area contributed by atoms with E-state index in [-0.39, 0.29) is 0 Å². The second-order valence-electron chi connectivity index (χ2n) is 14.5. The van der Waals surface area contributed by atoms with E-state index in [1.54, 1.807) is 0 Å². The highest BCUT2D eigenvalue weighted by Crippen LogP contribution is 2.37. The van der Waals surface area contributed by atoms with Crippen LogP contribution in [-0.2, 0) is 6.42 Å². The van der Waals surface area contributed by atoms with Crippen LogP contribution in [0.5, 0.6) is 0 Å². The second-order valence-corrected chi connectivity index (χ2v) is 14.5. The maximum Gasteiger partial charge on any atom is 0.135 e. The van der Waals surface area contributed by atoms with Crippen LogP contribution in [0.1, 0.15) is 37.8 Å². The molecule has 1 aliphatic rings. The first-order chi connectivity index (χ1) is 26.7. The van der Waals surface area contributed by atoms with Crippen LogP contribution < -0.4 is 10.4 Å².